The first-order valence-corrected chi connectivity index (χ1v) is 6.70. The number of pyridine rings is 1. The van der Waals surface area contributed by atoms with E-state index in [9.17, 15) is 12.8 Å². The Bertz CT molecular complexity index is 471. The first-order chi connectivity index (χ1) is 7.59. The number of hydrogen-bond donors (Lipinski definition) is 0. The highest BCUT2D eigenvalue weighted by Crippen LogP contribution is 2.23. The van der Waals surface area contributed by atoms with Gasteiger partial charge in [-0.2, -0.15) is 0 Å². The summed E-state index contributed by atoms with van der Waals surface area (Å²) in [4.78, 5) is 3.54. The van der Waals surface area contributed by atoms with Crippen LogP contribution in [0.4, 0.5) is 4.39 Å². The molecule has 0 atom stereocenters. The minimum atomic E-state index is -3.67. The summed E-state index contributed by atoms with van der Waals surface area (Å²) in [5, 5.41) is -0.491. The van der Waals surface area contributed by atoms with E-state index in [1.54, 1.807) is 0 Å². The minimum absolute atomic E-state index is 0.100. The van der Waals surface area contributed by atoms with Crippen LogP contribution < -0.4 is 0 Å². The quantitative estimate of drug-likeness (QED) is 0.781. The van der Waals surface area contributed by atoms with E-state index < -0.39 is 20.7 Å². The molecule has 4 nitrogen and oxygen atoms in total. The molecule has 0 radical (unpaired) electrons. The number of sulfone groups is 1. The van der Waals surface area contributed by atoms with Crippen molar-refractivity contribution in [3.63, 3.8) is 0 Å². The zero-order valence-electron chi connectivity index (χ0n) is 8.60. The highest BCUT2D eigenvalue weighted by atomic mass is 32.2. The molecule has 16 heavy (non-hydrogen) atoms. The van der Waals surface area contributed by atoms with Crippen LogP contribution in [-0.4, -0.2) is 31.9 Å². The monoisotopic (exact) mass is 245 g/mol. The van der Waals surface area contributed by atoms with Gasteiger partial charge in [-0.05, 0) is 25.0 Å². The van der Waals surface area contributed by atoms with Crippen molar-refractivity contribution in [2.24, 2.45) is 0 Å². The molecule has 88 valence electrons. The van der Waals surface area contributed by atoms with Crippen LogP contribution in [0.5, 0.6) is 0 Å². The van der Waals surface area contributed by atoms with E-state index in [1.807, 2.05) is 0 Å². The molecule has 2 rings (SSSR count). The van der Waals surface area contributed by atoms with Gasteiger partial charge in [0.25, 0.3) is 0 Å². The maximum Gasteiger partial charge on any atom is 0.200 e. The largest absolute Gasteiger partial charge is 0.377 e. The molecule has 0 aliphatic heterocycles. The van der Waals surface area contributed by atoms with Gasteiger partial charge < -0.3 is 4.74 Å². The fourth-order valence-electron chi connectivity index (χ4n) is 1.26. The maximum atomic E-state index is 13.2. The van der Waals surface area contributed by atoms with Crippen molar-refractivity contribution in [2.45, 2.75) is 24.0 Å². The van der Waals surface area contributed by atoms with Crippen molar-refractivity contribution >= 4 is 9.84 Å². The highest BCUT2D eigenvalue weighted by molar-refractivity contribution is 7.91. The molecule has 1 aliphatic rings. The third kappa shape index (κ3) is 2.76. The van der Waals surface area contributed by atoms with Crippen molar-refractivity contribution < 1.29 is 17.5 Å². The molecule has 1 heterocycles. The van der Waals surface area contributed by atoms with E-state index in [-0.39, 0.29) is 18.5 Å². The van der Waals surface area contributed by atoms with Gasteiger partial charge in [0.15, 0.2) is 10.8 Å². The third-order valence-electron chi connectivity index (χ3n) is 2.25. The van der Waals surface area contributed by atoms with Crippen molar-refractivity contribution in [1.29, 1.82) is 0 Å². The number of aromatic nitrogens is 1. The Labute approximate surface area is 93.4 Å². The van der Waals surface area contributed by atoms with E-state index >= 15 is 0 Å². The smallest absolute Gasteiger partial charge is 0.200 e. The Kier molecular flexibility index (Phi) is 3.20. The van der Waals surface area contributed by atoms with Crippen LogP contribution in [0.25, 0.3) is 0 Å². The van der Waals surface area contributed by atoms with E-state index in [4.69, 9.17) is 4.74 Å². The Morgan fingerprint density at radius 2 is 2.25 bits per heavy atom. The van der Waals surface area contributed by atoms with Crippen LogP contribution in [-0.2, 0) is 14.6 Å². The molecule has 0 bridgehead atoms. The second-order valence-corrected chi connectivity index (χ2v) is 5.70. The summed E-state index contributed by atoms with van der Waals surface area (Å²) in [6.07, 6.45) is 3.43. The molecule has 1 aromatic heterocycles. The lowest BCUT2D eigenvalue weighted by Gasteiger charge is -2.04. The van der Waals surface area contributed by atoms with Gasteiger partial charge >= 0.3 is 0 Å². The first-order valence-electron chi connectivity index (χ1n) is 5.04. The van der Waals surface area contributed by atoms with Crippen LogP contribution in [0.2, 0.25) is 0 Å². The van der Waals surface area contributed by atoms with Gasteiger partial charge in [0.2, 0.25) is 9.84 Å². The van der Waals surface area contributed by atoms with Gasteiger partial charge in [0.1, 0.15) is 0 Å². The van der Waals surface area contributed by atoms with Gasteiger partial charge in [-0.1, -0.05) is 0 Å². The molecule has 1 fully saturated rings. The zero-order chi connectivity index (χ0) is 11.6. The van der Waals surface area contributed by atoms with Gasteiger partial charge in [-0.15, -0.1) is 0 Å². The summed E-state index contributed by atoms with van der Waals surface area (Å²) >= 11 is 0. The summed E-state index contributed by atoms with van der Waals surface area (Å²) in [6.45, 7) is 0.100. The number of nitrogens with zero attached hydrogens (tertiary/aromatic N) is 1. The topological polar surface area (TPSA) is 56.3 Å². The predicted octanol–water partition coefficient (Wildman–Crippen LogP) is 1.17. The molecular formula is C10H12FNO3S. The molecule has 0 unspecified atom stereocenters. The normalized spacial score (nSPS) is 16.3. The second kappa shape index (κ2) is 4.47. The fourth-order valence-corrected chi connectivity index (χ4v) is 2.35. The Morgan fingerprint density at radius 1 is 1.50 bits per heavy atom. The Hall–Kier alpha value is -1.01. The number of hydrogen-bond acceptors (Lipinski definition) is 4. The van der Waals surface area contributed by atoms with Crippen LogP contribution >= 0.6 is 0 Å². The van der Waals surface area contributed by atoms with Gasteiger partial charge in [0, 0.05) is 6.20 Å². The van der Waals surface area contributed by atoms with Crippen LogP contribution in [0.15, 0.2) is 23.4 Å². The van der Waals surface area contributed by atoms with Crippen molar-refractivity contribution in [3.05, 3.63) is 24.1 Å². The average Bonchev–Trinajstić information content (AvgIpc) is 3.02. The molecule has 1 aliphatic carbocycles. The van der Waals surface area contributed by atoms with E-state index in [0.29, 0.717) is 0 Å². The Morgan fingerprint density at radius 3 is 2.88 bits per heavy atom. The van der Waals surface area contributed by atoms with Gasteiger partial charge in [-0.3, -0.25) is 0 Å². The van der Waals surface area contributed by atoms with Crippen LogP contribution in [0.3, 0.4) is 0 Å². The zero-order valence-corrected chi connectivity index (χ0v) is 9.41. The maximum absolute atomic E-state index is 13.2. The first kappa shape index (κ1) is 11.5. The molecular weight excluding hydrogens is 233 g/mol. The lowest BCUT2D eigenvalue weighted by Crippen LogP contribution is -2.15. The summed E-state index contributed by atoms with van der Waals surface area (Å²) < 4.78 is 41.8. The number of rotatable bonds is 5. The average molecular weight is 245 g/mol. The molecule has 0 amide bonds. The molecule has 1 aromatic rings. The second-order valence-electron chi connectivity index (χ2n) is 3.68. The minimum Gasteiger partial charge on any atom is -0.377 e. The molecule has 0 N–H and O–H groups in total. The fraction of sp³-hybridized carbons (Fsp3) is 0.500. The molecule has 0 aromatic carbocycles. The predicted molar refractivity (Wildman–Crippen MR) is 55.2 cm³/mol. The van der Waals surface area contributed by atoms with Gasteiger partial charge in [-0.25, -0.2) is 17.8 Å². The summed E-state index contributed by atoms with van der Waals surface area (Å²) in [5.74, 6) is -1.04. The Balaban J connectivity index is 2.03. The van der Waals surface area contributed by atoms with E-state index in [2.05, 4.69) is 4.98 Å². The van der Waals surface area contributed by atoms with E-state index in [0.717, 1.165) is 18.9 Å². The summed E-state index contributed by atoms with van der Waals surface area (Å²) in [7, 11) is -3.67. The molecule has 1 saturated carbocycles. The standard InChI is InChI=1S/C10H12FNO3S/c11-9-2-1-5-12-10(9)16(13,14)7-6-15-8-3-4-8/h1-2,5,8H,3-4,6-7H2. The molecule has 0 spiro atoms. The molecule has 6 heteroatoms. The summed E-state index contributed by atoms with van der Waals surface area (Å²) in [6, 6.07) is 2.44. The number of ether oxygens (including phenoxy) is 1. The highest BCUT2D eigenvalue weighted by Gasteiger charge is 2.25. The van der Waals surface area contributed by atoms with E-state index in [1.165, 1.54) is 12.3 Å². The van der Waals surface area contributed by atoms with Crippen molar-refractivity contribution in [2.75, 3.05) is 12.4 Å². The van der Waals surface area contributed by atoms with Crippen LogP contribution in [0.1, 0.15) is 12.8 Å². The van der Waals surface area contributed by atoms with Gasteiger partial charge in [0.05, 0.1) is 18.5 Å². The lowest BCUT2D eigenvalue weighted by atomic mass is 10.5. The number of halogens is 1. The van der Waals surface area contributed by atoms with Crippen molar-refractivity contribution in [1.82, 2.24) is 4.98 Å². The lowest BCUT2D eigenvalue weighted by molar-refractivity contribution is 0.134. The third-order valence-corrected chi connectivity index (χ3v) is 3.84. The molecule has 0 saturated heterocycles. The van der Waals surface area contributed by atoms with Crippen LogP contribution in [0, 0.1) is 5.82 Å². The van der Waals surface area contributed by atoms with Crippen molar-refractivity contribution in [3.8, 4) is 0 Å². The SMILES string of the molecule is O=S(=O)(CCOC1CC1)c1ncccc1F. The summed E-state index contributed by atoms with van der Waals surface area (Å²) in [5.41, 5.74) is 0.